The summed E-state index contributed by atoms with van der Waals surface area (Å²) in [5.41, 5.74) is 0.973. The third kappa shape index (κ3) is 4.64. The molecule has 2 heterocycles. The minimum Gasteiger partial charge on any atom is -0.497 e. The number of likely N-dealkylation sites (tertiary alicyclic amines) is 2. The number of hydrogen-bond donors (Lipinski definition) is 0. The Hall–Kier alpha value is -2.57. The minimum absolute atomic E-state index is 0.0138. The first-order chi connectivity index (χ1) is 13.5. The number of piperidine rings is 1. The Labute approximate surface area is 165 Å². The maximum absolute atomic E-state index is 12.9. The Balaban J connectivity index is 1.59. The van der Waals surface area contributed by atoms with Gasteiger partial charge in [0.15, 0.2) is 0 Å². The van der Waals surface area contributed by atoms with Crippen LogP contribution in [0.15, 0.2) is 24.3 Å². The fourth-order valence-corrected chi connectivity index (χ4v) is 3.97. The Morgan fingerprint density at radius 2 is 2.04 bits per heavy atom. The number of rotatable bonds is 6. The third-order valence-corrected chi connectivity index (χ3v) is 5.42. The Kier molecular flexibility index (Phi) is 6.54. The van der Waals surface area contributed by atoms with Crippen molar-refractivity contribution in [1.29, 1.82) is 0 Å². The largest absolute Gasteiger partial charge is 0.497 e. The van der Waals surface area contributed by atoms with E-state index in [0.717, 1.165) is 24.2 Å². The van der Waals surface area contributed by atoms with Crippen LogP contribution in [0.25, 0.3) is 0 Å². The van der Waals surface area contributed by atoms with Crippen LogP contribution in [-0.4, -0.2) is 60.9 Å². The molecule has 2 aliphatic rings. The Morgan fingerprint density at radius 3 is 2.79 bits per heavy atom. The minimum atomic E-state index is -0.348. The second-order valence-corrected chi connectivity index (χ2v) is 7.40. The summed E-state index contributed by atoms with van der Waals surface area (Å²) < 4.78 is 10.3. The van der Waals surface area contributed by atoms with Crippen LogP contribution in [0.4, 0.5) is 0 Å². The first kappa shape index (κ1) is 20.2. The molecular formula is C21H28N2O5. The van der Waals surface area contributed by atoms with Crippen LogP contribution in [0.5, 0.6) is 5.75 Å². The van der Waals surface area contributed by atoms with Gasteiger partial charge >= 0.3 is 5.97 Å². The zero-order chi connectivity index (χ0) is 20.1. The van der Waals surface area contributed by atoms with Crippen LogP contribution in [0.2, 0.25) is 0 Å². The Morgan fingerprint density at radius 1 is 1.21 bits per heavy atom. The fourth-order valence-electron chi connectivity index (χ4n) is 3.97. The van der Waals surface area contributed by atoms with Crippen molar-refractivity contribution in [2.45, 2.75) is 32.7 Å². The van der Waals surface area contributed by atoms with E-state index in [4.69, 9.17) is 9.47 Å². The highest BCUT2D eigenvalue weighted by atomic mass is 16.5. The summed E-state index contributed by atoms with van der Waals surface area (Å²) in [7, 11) is 1.61. The van der Waals surface area contributed by atoms with E-state index < -0.39 is 0 Å². The number of hydrogen-bond acceptors (Lipinski definition) is 5. The lowest BCUT2D eigenvalue weighted by Gasteiger charge is -2.33. The normalized spacial score (nSPS) is 22.3. The predicted molar refractivity (Wildman–Crippen MR) is 102 cm³/mol. The Bertz CT molecular complexity index is 735. The number of benzene rings is 1. The van der Waals surface area contributed by atoms with Crippen molar-refractivity contribution < 1.29 is 23.9 Å². The average Bonchev–Trinajstić information content (AvgIpc) is 3.08. The van der Waals surface area contributed by atoms with E-state index >= 15 is 0 Å². The number of methoxy groups -OCH3 is 1. The maximum atomic E-state index is 12.9. The number of carbonyl (C=O) groups is 3. The van der Waals surface area contributed by atoms with E-state index in [1.165, 1.54) is 0 Å². The molecule has 2 aliphatic heterocycles. The molecule has 0 aromatic heterocycles. The molecule has 0 spiro atoms. The van der Waals surface area contributed by atoms with Gasteiger partial charge in [0.1, 0.15) is 5.75 Å². The predicted octanol–water partition coefficient (Wildman–Crippen LogP) is 1.85. The monoisotopic (exact) mass is 388 g/mol. The maximum Gasteiger partial charge on any atom is 0.310 e. The second-order valence-electron chi connectivity index (χ2n) is 7.40. The number of ether oxygens (including phenoxy) is 2. The van der Waals surface area contributed by atoms with Crippen molar-refractivity contribution in [2.75, 3.05) is 33.4 Å². The molecular weight excluding hydrogens is 360 g/mol. The van der Waals surface area contributed by atoms with Gasteiger partial charge in [-0.1, -0.05) is 12.1 Å². The highest BCUT2D eigenvalue weighted by molar-refractivity contribution is 5.89. The standard InChI is InChI=1S/C21H28N2O5/c1-3-28-21(26)16-7-5-9-22(13-16)20(25)17-11-19(24)23(14-17)12-15-6-4-8-18(10-15)27-2/h4,6,8,10,16-17H,3,5,7,9,11-14H2,1-2H3/t16-,17+/m0/s1. The summed E-state index contributed by atoms with van der Waals surface area (Å²) in [6, 6.07) is 7.59. The van der Waals surface area contributed by atoms with E-state index in [1.807, 2.05) is 24.3 Å². The van der Waals surface area contributed by atoms with Crippen molar-refractivity contribution in [3.63, 3.8) is 0 Å². The summed E-state index contributed by atoms with van der Waals surface area (Å²) in [6.07, 6.45) is 1.75. The lowest BCUT2D eigenvalue weighted by molar-refractivity contribution is -0.152. The van der Waals surface area contributed by atoms with Crippen LogP contribution in [-0.2, 0) is 25.7 Å². The summed E-state index contributed by atoms with van der Waals surface area (Å²) in [5.74, 6) is -0.144. The molecule has 1 aromatic rings. The van der Waals surface area contributed by atoms with Crippen LogP contribution < -0.4 is 4.74 Å². The molecule has 2 amide bonds. The molecule has 1 aromatic carbocycles. The van der Waals surface area contributed by atoms with Crippen molar-refractivity contribution in [3.05, 3.63) is 29.8 Å². The number of amides is 2. The van der Waals surface area contributed by atoms with Crippen molar-refractivity contribution >= 4 is 17.8 Å². The van der Waals surface area contributed by atoms with E-state index in [1.54, 1.807) is 23.8 Å². The highest BCUT2D eigenvalue weighted by Crippen LogP contribution is 2.26. The van der Waals surface area contributed by atoms with Crippen LogP contribution >= 0.6 is 0 Å². The summed E-state index contributed by atoms with van der Waals surface area (Å²) >= 11 is 0. The molecule has 0 radical (unpaired) electrons. The molecule has 0 aliphatic carbocycles. The van der Waals surface area contributed by atoms with Gasteiger partial charge in [0, 0.05) is 32.6 Å². The van der Waals surface area contributed by atoms with Crippen molar-refractivity contribution in [2.24, 2.45) is 11.8 Å². The SMILES string of the molecule is CCOC(=O)[C@H]1CCCN(C(=O)[C@@H]2CC(=O)N(Cc3cccc(OC)c3)C2)C1. The lowest BCUT2D eigenvalue weighted by atomic mass is 9.96. The van der Waals surface area contributed by atoms with Gasteiger partial charge < -0.3 is 19.3 Å². The molecule has 28 heavy (non-hydrogen) atoms. The molecule has 2 fully saturated rings. The second kappa shape index (κ2) is 9.08. The van der Waals surface area contributed by atoms with Gasteiger partial charge in [-0.3, -0.25) is 14.4 Å². The zero-order valence-electron chi connectivity index (χ0n) is 16.6. The molecule has 0 N–H and O–H groups in total. The van der Waals surface area contributed by atoms with Gasteiger partial charge in [0.25, 0.3) is 0 Å². The molecule has 2 atom stereocenters. The molecule has 0 saturated carbocycles. The number of nitrogens with zero attached hydrogens (tertiary/aromatic N) is 2. The molecule has 2 saturated heterocycles. The zero-order valence-corrected chi connectivity index (χ0v) is 16.6. The molecule has 7 heteroatoms. The number of esters is 1. The first-order valence-electron chi connectivity index (χ1n) is 9.88. The molecule has 0 unspecified atom stereocenters. The van der Waals surface area contributed by atoms with E-state index in [9.17, 15) is 14.4 Å². The van der Waals surface area contributed by atoms with Gasteiger partial charge in [-0.15, -0.1) is 0 Å². The topological polar surface area (TPSA) is 76.2 Å². The highest BCUT2D eigenvalue weighted by Gasteiger charge is 2.38. The van der Waals surface area contributed by atoms with Crippen LogP contribution in [0.3, 0.4) is 0 Å². The van der Waals surface area contributed by atoms with E-state index in [2.05, 4.69) is 0 Å². The van der Waals surface area contributed by atoms with E-state index in [-0.39, 0.29) is 36.0 Å². The average molecular weight is 388 g/mol. The third-order valence-electron chi connectivity index (χ3n) is 5.42. The van der Waals surface area contributed by atoms with Gasteiger partial charge in [0.05, 0.1) is 25.6 Å². The molecule has 3 rings (SSSR count). The van der Waals surface area contributed by atoms with Gasteiger partial charge in [-0.2, -0.15) is 0 Å². The fraction of sp³-hybridized carbons (Fsp3) is 0.571. The van der Waals surface area contributed by atoms with E-state index in [0.29, 0.717) is 32.8 Å². The molecule has 0 bridgehead atoms. The summed E-state index contributed by atoms with van der Waals surface area (Å²) in [5, 5.41) is 0. The van der Waals surface area contributed by atoms with Crippen LogP contribution in [0.1, 0.15) is 31.7 Å². The molecule has 7 nitrogen and oxygen atoms in total. The smallest absolute Gasteiger partial charge is 0.310 e. The lowest BCUT2D eigenvalue weighted by Crippen LogP contribution is -2.45. The molecule has 152 valence electrons. The van der Waals surface area contributed by atoms with Gasteiger partial charge in [-0.05, 0) is 37.5 Å². The van der Waals surface area contributed by atoms with Crippen molar-refractivity contribution in [1.82, 2.24) is 9.80 Å². The first-order valence-corrected chi connectivity index (χ1v) is 9.88. The van der Waals surface area contributed by atoms with Gasteiger partial charge in [-0.25, -0.2) is 0 Å². The van der Waals surface area contributed by atoms with Crippen LogP contribution in [0, 0.1) is 11.8 Å². The quantitative estimate of drug-likeness (QED) is 0.695. The van der Waals surface area contributed by atoms with Gasteiger partial charge in [0.2, 0.25) is 11.8 Å². The van der Waals surface area contributed by atoms with Crippen molar-refractivity contribution in [3.8, 4) is 5.75 Å². The number of carbonyl (C=O) groups excluding carboxylic acids is 3. The summed E-state index contributed by atoms with van der Waals surface area (Å²) in [6.45, 7) is 4.03. The summed E-state index contributed by atoms with van der Waals surface area (Å²) in [4.78, 5) is 40.9.